The van der Waals surface area contributed by atoms with Gasteiger partial charge in [-0.1, -0.05) is 0 Å². The molecule has 0 atom stereocenters. The molecule has 0 amide bonds. The number of aliphatic hydroxyl groups is 1. The second kappa shape index (κ2) is 4.75. The van der Waals surface area contributed by atoms with Gasteiger partial charge in [0, 0.05) is 0 Å². The zero-order chi connectivity index (χ0) is 12.2. The van der Waals surface area contributed by atoms with Crippen LogP contribution < -0.4 is 5.32 Å². The predicted octanol–water partition coefficient (Wildman–Crippen LogP) is 0.424. The summed E-state index contributed by atoms with van der Waals surface area (Å²) in [6.07, 6.45) is 1.79. The van der Waals surface area contributed by atoms with Crippen LogP contribution in [-0.4, -0.2) is 39.1 Å². The standard InChI is InChI=1S/C7H8F2N4O3/c8-7(9,4-14)3-12-6-10-1-5(2-11-6)13(15)16/h1-2,14H,3-4H2,(H,10,11,12). The molecule has 0 saturated carbocycles. The number of nitro groups is 1. The first-order valence-corrected chi connectivity index (χ1v) is 4.13. The van der Waals surface area contributed by atoms with Gasteiger partial charge < -0.3 is 10.4 Å². The molecule has 0 aliphatic rings. The topological polar surface area (TPSA) is 101 Å². The lowest BCUT2D eigenvalue weighted by molar-refractivity contribution is -0.385. The summed E-state index contributed by atoms with van der Waals surface area (Å²) in [5, 5.41) is 20.6. The first-order valence-electron chi connectivity index (χ1n) is 4.13. The molecule has 0 spiro atoms. The van der Waals surface area contributed by atoms with Crippen molar-refractivity contribution in [2.24, 2.45) is 0 Å². The summed E-state index contributed by atoms with van der Waals surface area (Å²) in [6.45, 7) is -2.14. The molecule has 0 aromatic carbocycles. The zero-order valence-corrected chi connectivity index (χ0v) is 7.93. The summed E-state index contributed by atoms with van der Waals surface area (Å²) in [6, 6.07) is 0. The van der Waals surface area contributed by atoms with E-state index in [9.17, 15) is 18.9 Å². The second-order valence-corrected chi connectivity index (χ2v) is 2.89. The minimum atomic E-state index is -3.29. The highest BCUT2D eigenvalue weighted by Crippen LogP contribution is 2.13. The number of alkyl halides is 2. The summed E-state index contributed by atoms with van der Waals surface area (Å²) >= 11 is 0. The van der Waals surface area contributed by atoms with Gasteiger partial charge in [0.05, 0.1) is 11.5 Å². The van der Waals surface area contributed by atoms with Gasteiger partial charge in [-0.2, -0.15) is 0 Å². The number of aromatic nitrogens is 2. The average molecular weight is 234 g/mol. The molecule has 0 radical (unpaired) electrons. The fraction of sp³-hybridized carbons (Fsp3) is 0.429. The summed E-state index contributed by atoms with van der Waals surface area (Å²) in [7, 11) is 0. The van der Waals surface area contributed by atoms with Crippen LogP contribution >= 0.6 is 0 Å². The lowest BCUT2D eigenvalue weighted by Gasteiger charge is -2.13. The molecule has 1 rings (SSSR count). The molecule has 1 aromatic heterocycles. The molecule has 0 unspecified atom stereocenters. The Kier molecular flexibility index (Phi) is 3.61. The summed E-state index contributed by atoms with van der Waals surface area (Å²) in [4.78, 5) is 16.4. The van der Waals surface area contributed by atoms with E-state index >= 15 is 0 Å². The highest BCUT2D eigenvalue weighted by atomic mass is 19.3. The highest BCUT2D eigenvalue weighted by Gasteiger charge is 2.27. The Bertz CT molecular complexity index is 370. The van der Waals surface area contributed by atoms with E-state index in [1.807, 2.05) is 0 Å². The Morgan fingerprint density at radius 2 is 2.06 bits per heavy atom. The maximum absolute atomic E-state index is 12.6. The van der Waals surface area contributed by atoms with Crippen LogP contribution in [0, 0.1) is 10.1 Å². The molecule has 0 fully saturated rings. The van der Waals surface area contributed by atoms with Crippen molar-refractivity contribution in [1.82, 2.24) is 9.97 Å². The number of nitrogens with one attached hydrogen (secondary N) is 1. The van der Waals surface area contributed by atoms with Crippen LogP contribution in [-0.2, 0) is 0 Å². The van der Waals surface area contributed by atoms with Crippen molar-refractivity contribution in [3.63, 3.8) is 0 Å². The maximum Gasteiger partial charge on any atom is 0.305 e. The number of rotatable bonds is 5. The van der Waals surface area contributed by atoms with Crippen LogP contribution in [0.1, 0.15) is 0 Å². The van der Waals surface area contributed by atoms with Crippen molar-refractivity contribution in [3.05, 3.63) is 22.5 Å². The first-order chi connectivity index (χ1) is 7.44. The number of halogens is 2. The normalized spacial score (nSPS) is 11.2. The Hall–Kier alpha value is -1.90. The van der Waals surface area contributed by atoms with Crippen molar-refractivity contribution < 1.29 is 18.8 Å². The summed E-state index contributed by atoms with van der Waals surface area (Å²) in [5.41, 5.74) is -0.334. The van der Waals surface area contributed by atoms with Crippen LogP contribution in [0.5, 0.6) is 0 Å². The lowest BCUT2D eigenvalue weighted by atomic mass is 10.3. The van der Waals surface area contributed by atoms with Gasteiger partial charge in [-0.05, 0) is 0 Å². The van der Waals surface area contributed by atoms with Gasteiger partial charge in [0.15, 0.2) is 0 Å². The van der Waals surface area contributed by atoms with Gasteiger partial charge >= 0.3 is 5.69 Å². The van der Waals surface area contributed by atoms with Crippen LogP contribution in [0.4, 0.5) is 20.4 Å². The zero-order valence-electron chi connectivity index (χ0n) is 7.93. The number of hydrogen-bond donors (Lipinski definition) is 2. The predicted molar refractivity (Wildman–Crippen MR) is 49.2 cm³/mol. The fourth-order valence-electron chi connectivity index (χ4n) is 0.771. The Labute approximate surface area is 88.3 Å². The smallest absolute Gasteiger partial charge is 0.305 e. The van der Waals surface area contributed by atoms with Crippen molar-refractivity contribution in [2.75, 3.05) is 18.5 Å². The first kappa shape index (κ1) is 12.2. The van der Waals surface area contributed by atoms with E-state index in [-0.39, 0.29) is 11.6 Å². The molecule has 0 saturated heterocycles. The van der Waals surface area contributed by atoms with Crippen LogP contribution in [0.3, 0.4) is 0 Å². The third-order valence-electron chi connectivity index (χ3n) is 1.59. The number of aliphatic hydroxyl groups excluding tert-OH is 1. The number of nitrogens with zero attached hydrogens (tertiary/aromatic N) is 3. The Morgan fingerprint density at radius 1 is 1.50 bits per heavy atom. The molecule has 1 heterocycles. The van der Waals surface area contributed by atoms with Gasteiger partial charge in [0.2, 0.25) is 5.95 Å². The van der Waals surface area contributed by atoms with Gasteiger partial charge in [-0.15, -0.1) is 0 Å². The Morgan fingerprint density at radius 3 is 2.50 bits per heavy atom. The minimum Gasteiger partial charge on any atom is -0.390 e. The van der Waals surface area contributed by atoms with E-state index in [1.165, 1.54) is 0 Å². The average Bonchev–Trinajstić information content (AvgIpc) is 2.27. The molecular weight excluding hydrogens is 226 g/mol. The maximum atomic E-state index is 12.6. The molecule has 88 valence electrons. The van der Waals surface area contributed by atoms with Crippen molar-refractivity contribution in [3.8, 4) is 0 Å². The molecule has 9 heteroatoms. The van der Waals surface area contributed by atoms with E-state index in [4.69, 9.17) is 5.11 Å². The molecule has 7 nitrogen and oxygen atoms in total. The van der Waals surface area contributed by atoms with Crippen LogP contribution in [0.15, 0.2) is 12.4 Å². The molecule has 2 N–H and O–H groups in total. The molecule has 0 aliphatic carbocycles. The van der Waals surface area contributed by atoms with E-state index < -0.39 is 24.0 Å². The van der Waals surface area contributed by atoms with Gasteiger partial charge in [0.1, 0.15) is 19.0 Å². The fourth-order valence-corrected chi connectivity index (χ4v) is 0.771. The number of anilines is 1. The van der Waals surface area contributed by atoms with E-state index in [0.29, 0.717) is 0 Å². The van der Waals surface area contributed by atoms with Gasteiger partial charge in [0.25, 0.3) is 5.92 Å². The molecule has 0 aliphatic heterocycles. The highest BCUT2D eigenvalue weighted by molar-refractivity contribution is 5.30. The van der Waals surface area contributed by atoms with Gasteiger partial charge in [-0.25, -0.2) is 18.7 Å². The Balaban J connectivity index is 2.59. The van der Waals surface area contributed by atoms with E-state index in [0.717, 1.165) is 12.4 Å². The summed E-state index contributed by atoms with van der Waals surface area (Å²) in [5.74, 6) is -3.45. The molecular formula is C7H8F2N4O3. The molecule has 1 aromatic rings. The van der Waals surface area contributed by atoms with Crippen LogP contribution in [0.25, 0.3) is 0 Å². The van der Waals surface area contributed by atoms with Crippen molar-refractivity contribution in [2.45, 2.75) is 5.92 Å². The SMILES string of the molecule is O=[N+]([O-])c1cnc(NCC(F)(F)CO)nc1. The second-order valence-electron chi connectivity index (χ2n) is 2.89. The van der Waals surface area contributed by atoms with E-state index in [1.54, 1.807) is 0 Å². The molecule has 16 heavy (non-hydrogen) atoms. The van der Waals surface area contributed by atoms with Crippen molar-refractivity contribution >= 4 is 11.6 Å². The monoisotopic (exact) mass is 234 g/mol. The molecule has 0 bridgehead atoms. The quantitative estimate of drug-likeness (QED) is 0.565. The third-order valence-corrected chi connectivity index (χ3v) is 1.59. The minimum absolute atomic E-state index is 0.168. The lowest BCUT2D eigenvalue weighted by Crippen LogP contribution is -2.31. The largest absolute Gasteiger partial charge is 0.390 e. The summed E-state index contributed by atoms with van der Waals surface area (Å²) < 4.78 is 25.1. The van der Waals surface area contributed by atoms with Crippen LogP contribution in [0.2, 0.25) is 0 Å². The number of hydrogen-bond acceptors (Lipinski definition) is 6. The van der Waals surface area contributed by atoms with Crippen molar-refractivity contribution in [1.29, 1.82) is 0 Å². The van der Waals surface area contributed by atoms with E-state index in [2.05, 4.69) is 15.3 Å². The van der Waals surface area contributed by atoms with Gasteiger partial charge in [-0.3, -0.25) is 10.1 Å². The third kappa shape index (κ3) is 3.35.